The summed E-state index contributed by atoms with van der Waals surface area (Å²) in [5.74, 6) is -0.917. The van der Waals surface area contributed by atoms with E-state index >= 15 is 0 Å². The van der Waals surface area contributed by atoms with Crippen molar-refractivity contribution in [2.24, 2.45) is 5.92 Å². The fraction of sp³-hybridized carbons (Fsp3) is 0.304. The first-order valence-corrected chi connectivity index (χ1v) is 10.5. The second kappa shape index (κ2) is 9.99. The van der Waals surface area contributed by atoms with Crippen LogP contribution in [0.1, 0.15) is 41.0 Å². The average molecular weight is 514 g/mol. The lowest BCUT2D eigenvalue weighted by Crippen LogP contribution is -2.46. The molecule has 192 valence electrons. The highest BCUT2D eigenvalue weighted by Gasteiger charge is 2.31. The van der Waals surface area contributed by atoms with E-state index in [1.54, 1.807) is 13.8 Å². The molecule has 7 nitrogen and oxygen atoms in total. The number of alkyl halides is 6. The molecule has 0 aliphatic rings. The maximum Gasteiger partial charge on any atom is 0.416 e. The lowest BCUT2D eigenvalue weighted by Gasteiger charge is -2.14. The van der Waals surface area contributed by atoms with Gasteiger partial charge in [0.2, 0.25) is 5.69 Å². The average Bonchev–Trinajstić information content (AvgIpc) is 2.79. The predicted molar refractivity (Wildman–Crippen MR) is 117 cm³/mol. The molecule has 0 aliphatic heterocycles. The molecule has 1 aromatic heterocycles. The predicted octanol–water partition coefficient (Wildman–Crippen LogP) is 3.87. The van der Waals surface area contributed by atoms with Gasteiger partial charge in [0.05, 0.1) is 23.4 Å². The number of halogens is 6. The number of carbonyl (C=O) groups is 1. The minimum Gasteiger partial charge on any atom is -0.350 e. The number of rotatable bonds is 6. The molecule has 3 rings (SSSR count). The Morgan fingerprint density at radius 3 is 1.86 bits per heavy atom. The zero-order chi connectivity index (χ0) is 26.8. The fourth-order valence-corrected chi connectivity index (χ4v) is 3.12. The molecule has 3 aromatic rings. The third-order valence-electron chi connectivity index (χ3n) is 5.01. The zero-order valence-electron chi connectivity index (χ0n) is 18.9. The van der Waals surface area contributed by atoms with Gasteiger partial charge in [-0.2, -0.15) is 36.1 Å². The molecule has 0 radical (unpaired) electrons. The van der Waals surface area contributed by atoms with Crippen molar-refractivity contribution < 1.29 is 31.1 Å². The Labute approximate surface area is 200 Å². The largest absolute Gasteiger partial charge is 0.416 e. The van der Waals surface area contributed by atoms with Crippen molar-refractivity contribution in [3.05, 3.63) is 91.8 Å². The normalized spacial score (nSPS) is 12.1. The Bertz CT molecular complexity index is 1360. The van der Waals surface area contributed by atoms with Crippen LogP contribution in [0.25, 0.3) is 5.69 Å². The summed E-state index contributed by atoms with van der Waals surface area (Å²) in [6, 6.07) is 6.96. The Hall–Kier alpha value is -3.90. The summed E-state index contributed by atoms with van der Waals surface area (Å²) in [5.41, 5.74) is -4.86. The van der Waals surface area contributed by atoms with Crippen LogP contribution in [-0.2, 0) is 18.9 Å². The molecule has 0 spiro atoms. The summed E-state index contributed by atoms with van der Waals surface area (Å²) in [5, 5.41) is 6.27. The van der Waals surface area contributed by atoms with Gasteiger partial charge in [-0.15, -0.1) is 0 Å². The van der Waals surface area contributed by atoms with E-state index in [0.717, 1.165) is 36.4 Å². The number of aromatic nitrogens is 3. The Morgan fingerprint density at radius 1 is 0.889 bits per heavy atom. The summed E-state index contributed by atoms with van der Waals surface area (Å²) in [4.78, 5) is 38.7. The minimum atomic E-state index is -4.64. The van der Waals surface area contributed by atoms with Crippen molar-refractivity contribution in [1.82, 2.24) is 19.7 Å². The second-order valence-corrected chi connectivity index (χ2v) is 8.28. The zero-order valence-corrected chi connectivity index (χ0v) is 18.9. The van der Waals surface area contributed by atoms with Crippen LogP contribution in [0.3, 0.4) is 0 Å². The van der Waals surface area contributed by atoms with Crippen LogP contribution in [0.2, 0.25) is 0 Å². The molecule has 2 aromatic carbocycles. The molecule has 36 heavy (non-hydrogen) atoms. The van der Waals surface area contributed by atoms with Crippen molar-refractivity contribution in [2.45, 2.75) is 32.7 Å². The Morgan fingerprint density at radius 2 is 1.39 bits per heavy atom. The highest BCUT2D eigenvalue weighted by Crippen LogP contribution is 2.30. The topological polar surface area (TPSA) is 86.0 Å². The van der Waals surface area contributed by atoms with Gasteiger partial charge in [-0.25, -0.2) is 4.79 Å². The van der Waals surface area contributed by atoms with Crippen LogP contribution in [0.4, 0.5) is 26.3 Å². The number of nitrogens with one attached hydrogen (secondary N) is 1. The van der Waals surface area contributed by atoms with Crippen molar-refractivity contribution in [2.75, 3.05) is 6.54 Å². The molecule has 0 saturated heterocycles. The lowest BCUT2D eigenvalue weighted by atomic mass is 10.1. The maximum absolute atomic E-state index is 13.1. The highest BCUT2D eigenvalue weighted by atomic mass is 19.4. The molecule has 13 heteroatoms. The number of benzene rings is 2. The van der Waals surface area contributed by atoms with Gasteiger partial charge in [0.1, 0.15) is 0 Å². The molecule has 0 bridgehead atoms. The van der Waals surface area contributed by atoms with Crippen LogP contribution in [-0.4, -0.2) is 26.8 Å². The smallest absolute Gasteiger partial charge is 0.350 e. The monoisotopic (exact) mass is 514 g/mol. The van der Waals surface area contributed by atoms with Crippen molar-refractivity contribution in [1.29, 1.82) is 0 Å². The van der Waals surface area contributed by atoms with Gasteiger partial charge in [-0.1, -0.05) is 26.0 Å². The molecule has 0 fully saturated rings. The van der Waals surface area contributed by atoms with Crippen LogP contribution in [0.5, 0.6) is 0 Å². The number of hydrogen-bond acceptors (Lipinski definition) is 4. The number of carbonyl (C=O) groups excluding carboxylic acids is 1. The SMILES string of the molecule is CC(C)CNC(=O)c1nn(-c2ccc(C(F)(F)F)cc2)c(=O)n(Cc2ccc(C(F)(F)F)cc2)c1=O. The van der Waals surface area contributed by atoms with E-state index in [1.807, 2.05) is 0 Å². The summed E-state index contributed by atoms with van der Waals surface area (Å²) < 4.78 is 78.5. The molecule has 0 saturated carbocycles. The fourth-order valence-electron chi connectivity index (χ4n) is 3.12. The van der Waals surface area contributed by atoms with Crippen molar-refractivity contribution >= 4 is 5.91 Å². The second-order valence-electron chi connectivity index (χ2n) is 8.28. The van der Waals surface area contributed by atoms with Crippen LogP contribution in [0, 0.1) is 5.92 Å². The van der Waals surface area contributed by atoms with Crippen LogP contribution < -0.4 is 16.6 Å². The molecule has 0 aliphatic carbocycles. The first-order valence-electron chi connectivity index (χ1n) is 10.5. The third-order valence-corrected chi connectivity index (χ3v) is 5.01. The lowest BCUT2D eigenvalue weighted by molar-refractivity contribution is -0.138. The summed E-state index contributed by atoms with van der Waals surface area (Å²) in [6.45, 7) is 3.24. The molecule has 1 amide bonds. The molecule has 0 unspecified atom stereocenters. The van der Waals surface area contributed by atoms with E-state index in [0.29, 0.717) is 21.4 Å². The first-order chi connectivity index (χ1) is 16.7. The van der Waals surface area contributed by atoms with E-state index in [1.165, 1.54) is 0 Å². The van der Waals surface area contributed by atoms with E-state index in [-0.39, 0.29) is 23.7 Å². The molecule has 1 N–H and O–H groups in total. The molecule has 0 atom stereocenters. The summed E-state index contributed by atoms with van der Waals surface area (Å²) in [7, 11) is 0. The van der Waals surface area contributed by atoms with Gasteiger partial charge in [-0.05, 0) is 47.9 Å². The van der Waals surface area contributed by atoms with E-state index in [4.69, 9.17) is 0 Å². The van der Waals surface area contributed by atoms with Gasteiger partial charge in [0, 0.05) is 6.54 Å². The number of hydrogen-bond donors (Lipinski definition) is 1. The van der Waals surface area contributed by atoms with Gasteiger partial charge < -0.3 is 5.32 Å². The van der Waals surface area contributed by atoms with Gasteiger partial charge >= 0.3 is 18.0 Å². The Kier molecular flexibility index (Phi) is 7.41. The third kappa shape index (κ3) is 6.01. The van der Waals surface area contributed by atoms with Gasteiger partial charge in [0.15, 0.2) is 0 Å². The quantitative estimate of drug-likeness (QED) is 0.507. The standard InChI is InChI=1S/C23H20F6N4O3/c1-13(2)11-30-19(34)18-20(35)32(12-14-3-5-15(6-4-14)22(24,25)26)21(36)33(31-18)17-9-7-16(8-10-17)23(27,28)29/h3-10,13H,11-12H2,1-2H3,(H,30,34). The Balaban J connectivity index is 2.12. The van der Waals surface area contributed by atoms with E-state index in [2.05, 4.69) is 10.4 Å². The molecular weight excluding hydrogens is 494 g/mol. The van der Waals surface area contributed by atoms with E-state index in [9.17, 15) is 40.7 Å². The summed E-state index contributed by atoms with van der Waals surface area (Å²) in [6.07, 6.45) is -9.23. The first kappa shape index (κ1) is 26.7. The van der Waals surface area contributed by atoms with Gasteiger partial charge in [0.25, 0.3) is 11.5 Å². The molecular formula is C23H20F6N4O3. The van der Waals surface area contributed by atoms with E-state index < -0.39 is 52.9 Å². The summed E-state index contributed by atoms with van der Waals surface area (Å²) >= 11 is 0. The minimum absolute atomic E-state index is 0.00383. The van der Waals surface area contributed by atoms with Crippen molar-refractivity contribution in [3.63, 3.8) is 0 Å². The van der Waals surface area contributed by atoms with Crippen LogP contribution >= 0.6 is 0 Å². The van der Waals surface area contributed by atoms with Crippen LogP contribution in [0.15, 0.2) is 58.1 Å². The van der Waals surface area contributed by atoms with Crippen molar-refractivity contribution in [3.8, 4) is 5.69 Å². The maximum atomic E-state index is 13.1. The number of nitrogens with zero attached hydrogens (tertiary/aromatic N) is 3. The number of amides is 1. The van der Waals surface area contributed by atoms with Gasteiger partial charge in [-0.3, -0.25) is 14.2 Å². The molecule has 1 heterocycles. The highest BCUT2D eigenvalue weighted by molar-refractivity contribution is 5.91.